The van der Waals surface area contributed by atoms with Gasteiger partial charge in [-0.3, -0.25) is 9.69 Å². The molecule has 0 aliphatic heterocycles. The predicted octanol–water partition coefficient (Wildman–Crippen LogP) is 5.03. The van der Waals surface area contributed by atoms with E-state index in [9.17, 15) is 14.2 Å². The fourth-order valence-electron chi connectivity index (χ4n) is 3.97. The van der Waals surface area contributed by atoms with Gasteiger partial charge in [0.25, 0.3) is 0 Å². The first kappa shape index (κ1) is 26.4. The zero-order valence-electron chi connectivity index (χ0n) is 20.0. The number of carbonyl (C=O) groups excluding carboxylic acids is 2. The number of rotatable bonds is 12. The summed E-state index contributed by atoms with van der Waals surface area (Å²) in [5.74, 6) is 0.373. The summed E-state index contributed by atoms with van der Waals surface area (Å²) in [6.45, 7) is 8.30. The maximum Gasteiger partial charge on any atom is 0.224 e. The molecule has 2 rings (SSSR count). The monoisotopic (exact) mass is 482 g/mol. The van der Waals surface area contributed by atoms with Crippen LogP contribution in [0.4, 0.5) is 0 Å². The summed E-state index contributed by atoms with van der Waals surface area (Å²) < 4.78 is 24.5. The number of nitrogens with zero attached hydrogens (tertiary/aromatic N) is 2. The van der Waals surface area contributed by atoms with Gasteiger partial charge in [0.15, 0.2) is 0 Å². The number of Topliss-reactive ketones (excluding diaryl/α,β-unsaturated/α-hetero) is 1. The Hall–Kier alpha value is -1.81. The van der Waals surface area contributed by atoms with Gasteiger partial charge in [-0.1, -0.05) is 13.2 Å². The van der Waals surface area contributed by atoms with Crippen molar-refractivity contribution in [2.75, 3.05) is 46.8 Å². The molecule has 0 aliphatic carbocycles. The van der Waals surface area contributed by atoms with Gasteiger partial charge in [0, 0.05) is 25.9 Å². The molecule has 0 saturated heterocycles. The van der Waals surface area contributed by atoms with Crippen LogP contribution in [0.3, 0.4) is 0 Å². The van der Waals surface area contributed by atoms with Gasteiger partial charge in [0.1, 0.15) is 30.2 Å². The fraction of sp³-hybridized carbons (Fsp3) is 0.522. The van der Waals surface area contributed by atoms with E-state index in [-0.39, 0.29) is 30.3 Å². The van der Waals surface area contributed by atoms with E-state index in [1.165, 1.54) is 13.2 Å². The number of amides is 1. The van der Waals surface area contributed by atoms with Crippen LogP contribution in [0.2, 0.25) is 0 Å². The van der Waals surface area contributed by atoms with E-state index in [0.717, 1.165) is 5.76 Å². The highest BCUT2D eigenvalue weighted by Gasteiger charge is 2.37. The number of hydrogen-bond donors (Lipinski definition) is 0. The van der Waals surface area contributed by atoms with Crippen LogP contribution in [0.25, 0.3) is 0 Å². The fourth-order valence-corrected chi connectivity index (χ4v) is 7.66. The number of likely N-dealkylation sites (N-methyl/N-ethyl adjacent to an activating group) is 1. The Balaban J connectivity index is 2.33. The molecule has 0 aromatic carbocycles. The van der Waals surface area contributed by atoms with Crippen LogP contribution in [-0.2, 0) is 14.2 Å². The lowest BCUT2D eigenvalue weighted by atomic mass is 10.2. The van der Waals surface area contributed by atoms with Crippen LogP contribution in [0.5, 0.6) is 0 Å². The molecule has 0 spiro atoms. The van der Waals surface area contributed by atoms with Crippen molar-refractivity contribution >= 4 is 32.0 Å². The van der Waals surface area contributed by atoms with Crippen LogP contribution < -0.4 is 0 Å². The summed E-state index contributed by atoms with van der Waals surface area (Å²) in [7, 11) is -0.819. The van der Waals surface area contributed by atoms with E-state index in [1.54, 1.807) is 36.6 Å². The predicted molar refractivity (Wildman–Crippen MR) is 132 cm³/mol. The lowest BCUT2D eigenvalue weighted by molar-refractivity contribution is -0.134. The topological polar surface area (TPSA) is 84.0 Å². The smallest absolute Gasteiger partial charge is 0.224 e. The molecule has 2 unspecified atom stereocenters. The second-order valence-corrected chi connectivity index (χ2v) is 16.7. The zero-order chi connectivity index (χ0) is 24.1. The molecule has 0 bridgehead atoms. The van der Waals surface area contributed by atoms with Gasteiger partial charge >= 0.3 is 0 Å². The Morgan fingerprint density at radius 1 is 0.969 bits per heavy atom. The van der Waals surface area contributed by atoms with E-state index in [0.29, 0.717) is 18.8 Å². The van der Waals surface area contributed by atoms with E-state index >= 15 is 0 Å². The lowest BCUT2D eigenvalue weighted by Gasteiger charge is -2.37. The first-order chi connectivity index (χ1) is 14.8. The average Bonchev–Trinajstić information content (AvgIpc) is 3.35. The molecule has 7 nitrogen and oxygen atoms in total. The van der Waals surface area contributed by atoms with E-state index < -0.39 is 19.8 Å². The van der Waals surface area contributed by atoms with Crippen molar-refractivity contribution in [3.63, 3.8) is 0 Å². The molecule has 0 radical (unpaired) electrons. The van der Waals surface area contributed by atoms with Crippen molar-refractivity contribution in [1.29, 1.82) is 0 Å². The van der Waals surface area contributed by atoms with Crippen LogP contribution in [-0.4, -0.2) is 74.6 Å². The zero-order valence-corrected chi connectivity index (χ0v) is 21.8. The Kier molecular flexibility index (Phi) is 8.98. The normalized spacial score (nSPS) is 14.3. The summed E-state index contributed by atoms with van der Waals surface area (Å²) in [5, 5.41) is 0. The van der Waals surface area contributed by atoms with Gasteiger partial charge in [-0.15, -0.1) is 0 Å². The van der Waals surface area contributed by atoms with E-state index in [4.69, 9.17) is 8.83 Å². The van der Waals surface area contributed by atoms with Crippen molar-refractivity contribution < 1.29 is 23.0 Å². The molecule has 2 aromatic heterocycles. The number of furan rings is 2. The molecule has 32 heavy (non-hydrogen) atoms. The Labute approximate surface area is 191 Å². The highest BCUT2D eigenvalue weighted by molar-refractivity contribution is 7.72. The maximum absolute atomic E-state index is 13.3. The summed E-state index contributed by atoms with van der Waals surface area (Å²) in [6, 6.07) is 7.28. The Morgan fingerprint density at radius 2 is 1.50 bits per heavy atom. The Bertz CT molecular complexity index is 972. The Morgan fingerprint density at radius 3 is 1.91 bits per heavy atom. The molecule has 0 N–H and O–H groups in total. The average molecular weight is 482 g/mol. The van der Waals surface area contributed by atoms with Crippen molar-refractivity contribution in [2.24, 2.45) is 0 Å². The molecule has 0 saturated carbocycles. The molecule has 2 aromatic rings. The first-order valence-corrected chi connectivity index (χ1v) is 16.2. The lowest BCUT2D eigenvalue weighted by Crippen LogP contribution is -2.40. The summed E-state index contributed by atoms with van der Waals surface area (Å²) in [5.41, 5.74) is 0. The molecule has 2 heterocycles. The van der Waals surface area contributed by atoms with Crippen LogP contribution in [0.15, 0.2) is 45.6 Å². The third kappa shape index (κ3) is 7.10. The number of carbonyl (C=O) groups is 2. The van der Waals surface area contributed by atoms with E-state index in [1.807, 2.05) is 19.2 Å². The quantitative estimate of drug-likeness (QED) is 0.395. The largest absolute Gasteiger partial charge is 0.467 e. The van der Waals surface area contributed by atoms with Gasteiger partial charge in [0.2, 0.25) is 5.91 Å². The van der Waals surface area contributed by atoms with Crippen LogP contribution >= 0.6 is 14.0 Å². The molecular weight excluding hydrogens is 446 g/mol. The first-order valence-electron chi connectivity index (χ1n) is 10.6. The molecular formula is C23H36N2O5P2. The number of hydrogen-bond acceptors (Lipinski definition) is 6. The molecule has 0 fully saturated rings. The van der Waals surface area contributed by atoms with Crippen molar-refractivity contribution in [1.82, 2.24) is 9.80 Å². The van der Waals surface area contributed by atoms with E-state index in [2.05, 4.69) is 24.5 Å². The van der Waals surface area contributed by atoms with Crippen LogP contribution in [0.1, 0.15) is 42.9 Å². The molecule has 9 heteroatoms. The highest BCUT2D eigenvalue weighted by Crippen LogP contribution is 2.56. The van der Waals surface area contributed by atoms with Gasteiger partial charge in [-0.2, -0.15) is 0 Å². The van der Waals surface area contributed by atoms with Crippen molar-refractivity contribution in [3.8, 4) is 0 Å². The number of ketones is 1. The van der Waals surface area contributed by atoms with Gasteiger partial charge in [-0.05, 0) is 64.9 Å². The second kappa shape index (κ2) is 10.9. The van der Waals surface area contributed by atoms with Gasteiger partial charge < -0.3 is 23.1 Å². The third-order valence-corrected chi connectivity index (χ3v) is 8.95. The highest BCUT2D eigenvalue weighted by atomic mass is 31.2. The maximum atomic E-state index is 13.3. The minimum atomic E-state index is -2.80. The molecule has 2 atom stereocenters. The van der Waals surface area contributed by atoms with Crippen molar-refractivity contribution in [2.45, 2.75) is 31.3 Å². The minimum Gasteiger partial charge on any atom is -0.467 e. The SMILES string of the molecule is C=P(C)(C)C(c1ccco1)N(C)CCN(C(=O)CCC(C)=O)C(c1ccco1)P(C)(C)=O. The molecule has 178 valence electrons. The van der Waals surface area contributed by atoms with Crippen molar-refractivity contribution in [3.05, 3.63) is 48.3 Å². The minimum absolute atomic E-state index is 0.0104. The summed E-state index contributed by atoms with van der Waals surface area (Å²) in [4.78, 5) is 28.5. The third-order valence-electron chi connectivity index (χ3n) is 5.26. The summed E-state index contributed by atoms with van der Waals surface area (Å²) in [6.07, 6.45) is 7.81. The van der Waals surface area contributed by atoms with Crippen LogP contribution in [0, 0.1) is 0 Å². The standard InChI is InChI=1S/C23H36N2O5P2/c1-18(26)12-13-21(27)25(23(32(6,7)28)20-11-9-17-30-20)15-14-24(2)22(31(3,4)5)19-10-8-16-29-19/h8-11,16-17,22-23H,3,12-15H2,1-2,4-7H3. The second-order valence-electron chi connectivity index (χ2n) is 9.26. The molecule has 1 amide bonds. The molecule has 0 aliphatic rings. The summed E-state index contributed by atoms with van der Waals surface area (Å²) >= 11 is 0. The van der Waals surface area contributed by atoms with Gasteiger partial charge in [0.05, 0.1) is 18.3 Å². The van der Waals surface area contributed by atoms with Gasteiger partial charge in [-0.25, -0.2) is 0 Å².